The number of aliphatic hydroxyl groups is 7. The zero-order valence-electron chi connectivity index (χ0n) is 55.4. The fraction of sp³-hybridized carbons (Fsp3) is 0.959. The van der Waals surface area contributed by atoms with Crippen molar-refractivity contribution in [3.63, 3.8) is 0 Å². The molecule has 1 heterocycles. The first-order valence-electron chi connectivity index (χ1n) is 37.1. The number of carbonyl (C=O) groups is 1. The fourth-order valence-electron chi connectivity index (χ4n) is 12.4. The second-order valence-electron chi connectivity index (χ2n) is 26.4. The van der Waals surface area contributed by atoms with E-state index in [2.05, 4.69) is 31.3 Å². The third-order valence-electron chi connectivity index (χ3n) is 18.3. The molecule has 500 valence electrons. The molecule has 9 unspecified atom stereocenters. The Kier molecular flexibility index (Phi) is 59.7. The summed E-state index contributed by atoms with van der Waals surface area (Å²) in [6.07, 6.45) is 66.0. The number of hydrogen-bond acceptors (Lipinski definition) is 10. The van der Waals surface area contributed by atoms with Crippen LogP contribution in [-0.2, 0) is 14.3 Å². The molecule has 0 aromatic carbocycles. The van der Waals surface area contributed by atoms with Gasteiger partial charge in [-0.3, -0.25) is 4.79 Å². The molecule has 0 radical (unpaired) electrons. The predicted molar refractivity (Wildman–Crippen MR) is 353 cm³/mol. The van der Waals surface area contributed by atoms with Crippen LogP contribution in [0.3, 0.4) is 0 Å². The molecule has 9 atom stereocenters. The van der Waals surface area contributed by atoms with Crippen LogP contribution >= 0.6 is 0 Å². The largest absolute Gasteiger partial charge is 0.394 e. The lowest BCUT2D eigenvalue weighted by Crippen LogP contribution is -2.60. The van der Waals surface area contributed by atoms with Gasteiger partial charge < -0.3 is 50.5 Å². The molecule has 0 aliphatic carbocycles. The van der Waals surface area contributed by atoms with Crippen LogP contribution in [0.15, 0.2) is 12.2 Å². The van der Waals surface area contributed by atoms with Gasteiger partial charge in [0.1, 0.15) is 36.6 Å². The molecule has 1 aliphatic heterocycles. The van der Waals surface area contributed by atoms with Crippen LogP contribution in [0, 0.1) is 0 Å². The normalized spacial score (nSPS) is 18.9. The summed E-state index contributed by atoms with van der Waals surface area (Å²) in [4.78, 5) is 13.3. The van der Waals surface area contributed by atoms with Gasteiger partial charge in [0, 0.05) is 0 Å². The van der Waals surface area contributed by atoms with Crippen LogP contribution in [0.1, 0.15) is 380 Å². The number of allylic oxidation sites excluding steroid dienone is 2. The summed E-state index contributed by atoms with van der Waals surface area (Å²) in [7, 11) is 0. The Morgan fingerprint density at radius 2 is 0.702 bits per heavy atom. The van der Waals surface area contributed by atoms with E-state index in [0.29, 0.717) is 12.8 Å². The summed E-state index contributed by atoms with van der Waals surface area (Å²) in [5.74, 6) is -0.697. The maximum absolute atomic E-state index is 13.3. The molecule has 0 aromatic rings. The minimum absolute atomic E-state index is 0.260. The highest BCUT2D eigenvalue weighted by Crippen LogP contribution is 2.24. The Morgan fingerprint density at radius 3 is 1.02 bits per heavy atom. The highest BCUT2D eigenvalue weighted by atomic mass is 16.7. The van der Waals surface area contributed by atoms with Gasteiger partial charge in [-0.2, -0.15) is 0 Å². The van der Waals surface area contributed by atoms with E-state index >= 15 is 0 Å². The Bertz CT molecular complexity index is 1370. The van der Waals surface area contributed by atoms with Crippen LogP contribution < -0.4 is 5.32 Å². The average molecular weight is 1190 g/mol. The van der Waals surface area contributed by atoms with Crippen molar-refractivity contribution in [1.29, 1.82) is 0 Å². The van der Waals surface area contributed by atoms with Gasteiger partial charge in [0.05, 0.1) is 25.4 Å². The minimum Gasteiger partial charge on any atom is -0.394 e. The molecule has 0 saturated carbocycles. The Morgan fingerprint density at radius 1 is 0.405 bits per heavy atom. The van der Waals surface area contributed by atoms with E-state index < -0.39 is 74.2 Å². The number of rotatable bonds is 66. The number of nitrogens with one attached hydrogen (secondary N) is 1. The Hall–Kier alpha value is -1.15. The first-order valence-corrected chi connectivity index (χ1v) is 37.1. The molecule has 1 rings (SSSR count). The molecule has 11 heteroatoms. The average Bonchev–Trinajstić information content (AvgIpc) is 3.66. The molecule has 11 nitrogen and oxygen atoms in total. The van der Waals surface area contributed by atoms with Crippen molar-refractivity contribution in [2.75, 3.05) is 13.2 Å². The third-order valence-corrected chi connectivity index (χ3v) is 18.3. The topological polar surface area (TPSA) is 189 Å². The van der Waals surface area contributed by atoms with Gasteiger partial charge in [0.15, 0.2) is 6.29 Å². The Labute approximate surface area is 519 Å². The maximum Gasteiger partial charge on any atom is 0.249 e. The number of ether oxygens (including phenoxy) is 2. The van der Waals surface area contributed by atoms with Gasteiger partial charge >= 0.3 is 0 Å². The minimum atomic E-state index is -1.67. The van der Waals surface area contributed by atoms with Crippen LogP contribution in [0.2, 0.25) is 0 Å². The predicted octanol–water partition coefficient (Wildman–Crippen LogP) is 18.2. The van der Waals surface area contributed by atoms with Crippen molar-refractivity contribution in [2.24, 2.45) is 0 Å². The lowest BCUT2D eigenvalue weighted by Gasteiger charge is -2.40. The number of aliphatic hydroxyl groups excluding tert-OH is 7. The summed E-state index contributed by atoms with van der Waals surface area (Å²) in [6, 6.07) is -1.18. The quantitative estimate of drug-likeness (QED) is 0.0215. The smallest absolute Gasteiger partial charge is 0.249 e. The van der Waals surface area contributed by atoms with Crippen molar-refractivity contribution >= 4 is 5.91 Å². The molecule has 0 aromatic heterocycles. The fourth-order valence-corrected chi connectivity index (χ4v) is 12.4. The highest BCUT2D eigenvalue weighted by Gasteiger charge is 2.44. The SMILES string of the molecule is CCCCCCCCCCCCCCCCCCCCCC/C=C/CCCC(O)C(O)C(COC1OC(CO)C(O)C(O)C1O)NC(=O)C(O)CCCCCCCCCCCCCCCCCCCCCCCCCCCCCCCCCC. The van der Waals surface area contributed by atoms with E-state index in [1.165, 1.54) is 302 Å². The number of carbonyl (C=O) groups excluding carboxylic acids is 1. The zero-order chi connectivity index (χ0) is 61.0. The number of unbranched alkanes of at least 4 members (excludes halogenated alkanes) is 52. The zero-order valence-corrected chi connectivity index (χ0v) is 55.4. The first-order chi connectivity index (χ1) is 41.2. The molecule has 84 heavy (non-hydrogen) atoms. The second-order valence-corrected chi connectivity index (χ2v) is 26.4. The second kappa shape index (κ2) is 62.1. The van der Waals surface area contributed by atoms with Crippen LogP contribution in [0.25, 0.3) is 0 Å². The van der Waals surface area contributed by atoms with Crippen molar-refractivity contribution in [3.05, 3.63) is 12.2 Å². The monoisotopic (exact) mass is 1190 g/mol. The van der Waals surface area contributed by atoms with Crippen LogP contribution in [-0.4, -0.2) is 110 Å². The van der Waals surface area contributed by atoms with E-state index in [1.54, 1.807) is 0 Å². The van der Waals surface area contributed by atoms with E-state index in [0.717, 1.165) is 38.5 Å². The van der Waals surface area contributed by atoms with E-state index in [-0.39, 0.29) is 12.8 Å². The molecule has 0 spiro atoms. The molecule has 1 aliphatic rings. The van der Waals surface area contributed by atoms with Gasteiger partial charge in [0.25, 0.3) is 0 Å². The molecule has 1 amide bonds. The van der Waals surface area contributed by atoms with Gasteiger partial charge in [-0.25, -0.2) is 0 Å². The van der Waals surface area contributed by atoms with E-state index in [1.807, 2.05) is 0 Å². The summed E-state index contributed by atoms with van der Waals surface area (Å²) in [6.45, 7) is 3.51. The van der Waals surface area contributed by atoms with Crippen molar-refractivity contribution < 1.29 is 50.0 Å². The molecule has 8 N–H and O–H groups in total. The maximum atomic E-state index is 13.3. The molecular formula is C73H143NO10. The van der Waals surface area contributed by atoms with Crippen LogP contribution in [0.4, 0.5) is 0 Å². The lowest BCUT2D eigenvalue weighted by atomic mass is 9.98. The van der Waals surface area contributed by atoms with Gasteiger partial charge in [0.2, 0.25) is 5.91 Å². The standard InChI is InChI=1S/C73H143NO10/c1-3-5-7-9-11-13-15-17-19-21-23-25-27-29-30-31-32-33-34-35-37-39-41-43-45-47-49-51-53-55-57-59-61-66(77)72(82)74-64(63-83-73-71(81)70(80)69(79)67(62-75)84-73)68(78)65(76)60-58-56-54-52-50-48-46-44-42-40-38-36-28-26-24-22-20-18-16-14-12-10-8-6-4-2/h52,54,64-71,73,75-81H,3-51,53,55-63H2,1-2H3,(H,74,82)/b54-52+. The van der Waals surface area contributed by atoms with Gasteiger partial charge in [-0.15, -0.1) is 0 Å². The highest BCUT2D eigenvalue weighted by molar-refractivity contribution is 5.80. The lowest BCUT2D eigenvalue weighted by molar-refractivity contribution is -0.303. The molecular weight excluding hydrogens is 1050 g/mol. The summed E-state index contributed by atoms with van der Waals surface area (Å²) >= 11 is 0. The first kappa shape index (κ1) is 80.9. The van der Waals surface area contributed by atoms with Crippen molar-refractivity contribution in [1.82, 2.24) is 5.32 Å². The van der Waals surface area contributed by atoms with Gasteiger partial charge in [-0.05, 0) is 38.5 Å². The summed E-state index contributed by atoms with van der Waals surface area (Å²) < 4.78 is 11.2. The Balaban J connectivity index is 2.17. The third kappa shape index (κ3) is 48.7. The van der Waals surface area contributed by atoms with Crippen molar-refractivity contribution in [3.8, 4) is 0 Å². The van der Waals surface area contributed by atoms with Crippen LogP contribution in [0.5, 0.6) is 0 Å². The molecule has 0 bridgehead atoms. The summed E-state index contributed by atoms with van der Waals surface area (Å²) in [5.41, 5.74) is 0. The van der Waals surface area contributed by atoms with Gasteiger partial charge in [-0.1, -0.05) is 353 Å². The van der Waals surface area contributed by atoms with E-state index in [4.69, 9.17) is 9.47 Å². The number of amides is 1. The number of hydrogen-bond donors (Lipinski definition) is 8. The summed E-state index contributed by atoms with van der Waals surface area (Å²) in [5, 5.41) is 76.6. The molecule has 1 fully saturated rings. The van der Waals surface area contributed by atoms with Crippen molar-refractivity contribution in [2.45, 2.75) is 435 Å². The molecule has 1 saturated heterocycles. The van der Waals surface area contributed by atoms with E-state index in [9.17, 15) is 40.5 Å².